The third kappa shape index (κ3) is 4.67. The first kappa shape index (κ1) is 18.9. The van der Waals surface area contributed by atoms with Crippen LogP contribution in [-0.2, 0) is 28.7 Å². The fourth-order valence-corrected chi connectivity index (χ4v) is 3.05. The number of nitrogens with zero attached hydrogens (tertiary/aromatic N) is 2. The van der Waals surface area contributed by atoms with Crippen molar-refractivity contribution in [3.63, 3.8) is 0 Å². The van der Waals surface area contributed by atoms with E-state index in [-0.39, 0.29) is 6.54 Å². The summed E-state index contributed by atoms with van der Waals surface area (Å²) in [7, 11) is 0. The number of piperazine rings is 1. The van der Waals surface area contributed by atoms with Crippen molar-refractivity contribution in [3.05, 3.63) is 71.3 Å². The van der Waals surface area contributed by atoms with Gasteiger partial charge in [-0.25, -0.2) is 0 Å². The van der Waals surface area contributed by atoms with Gasteiger partial charge in [-0.1, -0.05) is 42.5 Å². The quantitative estimate of drug-likeness (QED) is 0.753. The molecule has 1 aliphatic rings. The largest absolute Gasteiger partial charge is 0.416 e. The van der Waals surface area contributed by atoms with Crippen LogP contribution in [0.1, 0.15) is 16.7 Å². The summed E-state index contributed by atoms with van der Waals surface area (Å²) in [5.74, 6) is -1.28. The third-order valence-electron chi connectivity index (χ3n) is 4.54. The van der Waals surface area contributed by atoms with Gasteiger partial charge < -0.3 is 9.80 Å². The number of amides is 2. The Morgan fingerprint density at radius 1 is 0.815 bits per heavy atom. The van der Waals surface area contributed by atoms with Gasteiger partial charge in [-0.3, -0.25) is 9.59 Å². The molecular formula is C20H19F3N2O2. The van der Waals surface area contributed by atoms with Crippen molar-refractivity contribution in [1.82, 2.24) is 9.80 Å². The lowest BCUT2D eigenvalue weighted by Crippen LogP contribution is -2.54. The van der Waals surface area contributed by atoms with Crippen LogP contribution in [0.4, 0.5) is 13.2 Å². The number of hydrogen-bond donors (Lipinski definition) is 0. The Morgan fingerprint density at radius 3 is 2.15 bits per heavy atom. The molecule has 27 heavy (non-hydrogen) atoms. The molecule has 1 fully saturated rings. The van der Waals surface area contributed by atoms with Crippen LogP contribution < -0.4 is 0 Å². The summed E-state index contributed by atoms with van der Waals surface area (Å²) in [6, 6.07) is 14.5. The van der Waals surface area contributed by atoms with E-state index in [4.69, 9.17) is 0 Å². The summed E-state index contributed by atoms with van der Waals surface area (Å²) in [6.45, 7) is 1.10. The van der Waals surface area contributed by atoms with E-state index in [2.05, 4.69) is 0 Å². The summed E-state index contributed by atoms with van der Waals surface area (Å²) in [5.41, 5.74) is 0.660. The van der Waals surface area contributed by atoms with Crippen molar-refractivity contribution in [2.45, 2.75) is 19.1 Å². The van der Waals surface area contributed by atoms with Gasteiger partial charge in [0.15, 0.2) is 0 Å². The maximum absolute atomic E-state index is 12.8. The first-order valence-electron chi connectivity index (χ1n) is 8.63. The van der Waals surface area contributed by atoms with Gasteiger partial charge in [-0.15, -0.1) is 0 Å². The van der Waals surface area contributed by atoms with Crippen LogP contribution in [0.5, 0.6) is 0 Å². The molecule has 3 rings (SSSR count). The molecule has 0 bridgehead atoms. The van der Waals surface area contributed by atoms with E-state index >= 15 is 0 Å². The second-order valence-corrected chi connectivity index (χ2v) is 6.45. The SMILES string of the molecule is O=C1C(=O)N(Cc2cccc(C(F)(F)F)c2)CCN1CCc1ccccc1. The summed E-state index contributed by atoms with van der Waals surface area (Å²) in [6.07, 6.45) is -3.79. The van der Waals surface area contributed by atoms with Gasteiger partial charge in [0, 0.05) is 26.2 Å². The summed E-state index contributed by atoms with van der Waals surface area (Å²) in [4.78, 5) is 27.5. The van der Waals surface area contributed by atoms with E-state index in [1.165, 1.54) is 21.9 Å². The maximum atomic E-state index is 12.8. The number of benzene rings is 2. The molecule has 1 aliphatic heterocycles. The number of rotatable bonds is 5. The van der Waals surface area contributed by atoms with Gasteiger partial charge in [0.2, 0.25) is 0 Å². The second kappa shape index (κ2) is 7.82. The number of carbonyl (C=O) groups is 2. The molecule has 2 aromatic carbocycles. The molecule has 0 spiro atoms. The monoisotopic (exact) mass is 376 g/mol. The summed E-state index contributed by atoms with van der Waals surface area (Å²) < 4.78 is 38.5. The Labute approximate surface area is 155 Å². The first-order chi connectivity index (χ1) is 12.8. The van der Waals surface area contributed by atoms with Gasteiger partial charge >= 0.3 is 18.0 Å². The van der Waals surface area contributed by atoms with Gasteiger partial charge in [-0.05, 0) is 29.7 Å². The average Bonchev–Trinajstić information content (AvgIpc) is 2.65. The van der Waals surface area contributed by atoms with Crippen molar-refractivity contribution in [1.29, 1.82) is 0 Å². The lowest BCUT2D eigenvalue weighted by atomic mass is 10.1. The van der Waals surface area contributed by atoms with Crippen molar-refractivity contribution in [2.75, 3.05) is 19.6 Å². The van der Waals surface area contributed by atoms with Crippen molar-refractivity contribution in [3.8, 4) is 0 Å². The molecule has 1 saturated heterocycles. The highest BCUT2D eigenvalue weighted by molar-refractivity contribution is 6.35. The molecule has 2 amide bonds. The van der Waals surface area contributed by atoms with Crippen molar-refractivity contribution >= 4 is 11.8 Å². The van der Waals surface area contributed by atoms with Gasteiger partial charge in [0.25, 0.3) is 0 Å². The normalized spacial score (nSPS) is 15.4. The fraction of sp³-hybridized carbons (Fsp3) is 0.300. The zero-order valence-corrected chi connectivity index (χ0v) is 14.6. The molecule has 0 unspecified atom stereocenters. The smallest absolute Gasteiger partial charge is 0.332 e. The van der Waals surface area contributed by atoms with E-state index in [1.54, 1.807) is 0 Å². The van der Waals surface area contributed by atoms with Crippen LogP contribution in [0, 0.1) is 0 Å². The lowest BCUT2D eigenvalue weighted by molar-refractivity contribution is -0.156. The molecule has 0 radical (unpaired) electrons. The molecule has 0 N–H and O–H groups in total. The minimum absolute atomic E-state index is 0.0129. The van der Waals surface area contributed by atoms with Crippen LogP contribution in [0.2, 0.25) is 0 Å². The van der Waals surface area contributed by atoms with E-state index < -0.39 is 23.6 Å². The predicted molar refractivity (Wildman–Crippen MR) is 93.6 cm³/mol. The molecule has 2 aromatic rings. The highest BCUT2D eigenvalue weighted by Crippen LogP contribution is 2.29. The number of halogens is 3. The minimum atomic E-state index is -4.44. The molecule has 142 valence electrons. The van der Waals surface area contributed by atoms with Crippen LogP contribution in [0.15, 0.2) is 54.6 Å². The lowest BCUT2D eigenvalue weighted by Gasteiger charge is -2.34. The Hall–Kier alpha value is -2.83. The Morgan fingerprint density at radius 2 is 1.44 bits per heavy atom. The summed E-state index contributed by atoms with van der Waals surface area (Å²) in [5, 5.41) is 0. The van der Waals surface area contributed by atoms with Crippen LogP contribution in [0.3, 0.4) is 0 Å². The molecule has 0 aromatic heterocycles. The molecular weight excluding hydrogens is 357 g/mol. The van der Waals surface area contributed by atoms with Gasteiger partial charge in [0.1, 0.15) is 0 Å². The average molecular weight is 376 g/mol. The van der Waals surface area contributed by atoms with E-state index in [0.29, 0.717) is 31.6 Å². The van der Waals surface area contributed by atoms with Gasteiger partial charge in [0.05, 0.1) is 5.56 Å². The van der Waals surface area contributed by atoms with Crippen molar-refractivity contribution < 1.29 is 22.8 Å². The molecule has 0 saturated carbocycles. The summed E-state index contributed by atoms with van der Waals surface area (Å²) >= 11 is 0. The van der Waals surface area contributed by atoms with E-state index in [9.17, 15) is 22.8 Å². The van der Waals surface area contributed by atoms with E-state index in [1.807, 2.05) is 30.3 Å². The topological polar surface area (TPSA) is 40.6 Å². The third-order valence-corrected chi connectivity index (χ3v) is 4.54. The maximum Gasteiger partial charge on any atom is 0.416 e. The Kier molecular flexibility index (Phi) is 5.48. The molecule has 1 heterocycles. The zero-order chi connectivity index (χ0) is 19.4. The zero-order valence-electron chi connectivity index (χ0n) is 14.6. The second-order valence-electron chi connectivity index (χ2n) is 6.45. The van der Waals surface area contributed by atoms with Crippen LogP contribution >= 0.6 is 0 Å². The predicted octanol–water partition coefficient (Wildman–Crippen LogP) is 3.12. The number of hydrogen-bond acceptors (Lipinski definition) is 2. The van der Waals surface area contributed by atoms with E-state index in [0.717, 1.165) is 17.7 Å². The molecule has 4 nitrogen and oxygen atoms in total. The fourth-order valence-electron chi connectivity index (χ4n) is 3.05. The minimum Gasteiger partial charge on any atom is -0.332 e. The molecule has 0 atom stereocenters. The van der Waals surface area contributed by atoms with Gasteiger partial charge in [-0.2, -0.15) is 13.2 Å². The molecule has 0 aliphatic carbocycles. The standard InChI is InChI=1S/C20H19F3N2O2/c21-20(22,23)17-8-4-7-16(13-17)14-25-12-11-24(18(26)19(25)27)10-9-15-5-2-1-3-6-15/h1-8,13H,9-12,14H2. The Bertz CT molecular complexity index is 821. The van der Waals surface area contributed by atoms with Crippen LogP contribution in [-0.4, -0.2) is 41.2 Å². The first-order valence-corrected chi connectivity index (χ1v) is 8.63. The number of carbonyl (C=O) groups excluding carboxylic acids is 2. The highest BCUT2D eigenvalue weighted by Gasteiger charge is 2.33. The number of alkyl halides is 3. The highest BCUT2D eigenvalue weighted by atomic mass is 19.4. The van der Waals surface area contributed by atoms with Crippen LogP contribution in [0.25, 0.3) is 0 Å². The Balaban J connectivity index is 1.61. The van der Waals surface area contributed by atoms with Crippen molar-refractivity contribution in [2.24, 2.45) is 0 Å². The molecule has 7 heteroatoms.